The highest BCUT2D eigenvalue weighted by Crippen LogP contribution is 2.13. The first-order valence-corrected chi connectivity index (χ1v) is 6.00. The highest BCUT2D eigenvalue weighted by molar-refractivity contribution is 5.77. The molecule has 0 aromatic rings. The van der Waals surface area contributed by atoms with Gasteiger partial charge in [-0.2, -0.15) is 0 Å². The van der Waals surface area contributed by atoms with Crippen LogP contribution in [0.3, 0.4) is 0 Å². The number of hydrogen-bond donors (Lipinski definition) is 3. The molecule has 2 amide bonds. The summed E-state index contributed by atoms with van der Waals surface area (Å²) in [5.41, 5.74) is 0. The third-order valence-electron chi connectivity index (χ3n) is 2.78. The average Bonchev–Trinajstić information content (AvgIpc) is 2.72. The zero-order valence-electron chi connectivity index (χ0n) is 10.1. The van der Waals surface area contributed by atoms with Crippen LogP contribution in [0.5, 0.6) is 0 Å². The molecule has 0 aromatic carbocycles. The molecular weight excluding hydrogens is 224 g/mol. The second-order valence-electron chi connectivity index (χ2n) is 4.20. The number of unbranched alkanes of at least 4 members (excludes halogenated alkanes) is 2. The number of ether oxygens (including phenoxy) is 1. The fourth-order valence-corrected chi connectivity index (χ4v) is 1.74. The van der Waals surface area contributed by atoms with Gasteiger partial charge in [0.1, 0.15) is 5.92 Å². The summed E-state index contributed by atoms with van der Waals surface area (Å²) in [6.45, 7) is 3.13. The summed E-state index contributed by atoms with van der Waals surface area (Å²) in [6.07, 6.45) is 3.11. The first-order chi connectivity index (χ1) is 8.15. The molecule has 3 N–H and O–H groups in total. The number of carboxylic acids is 1. The van der Waals surface area contributed by atoms with E-state index in [9.17, 15) is 9.59 Å². The zero-order chi connectivity index (χ0) is 12.7. The van der Waals surface area contributed by atoms with Crippen molar-refractivity contribution in [1.29, 1.82) is 0 Å². The Morgan fingerprint density at radius 2 is 2.12 bits per heavy atom. The lowest BCUT2D eigenvalue weighted by atomic mass is 10.0. The van der Waals surface area contributed by atoms with Gasteiger partial charge in [-0.25, -0.2) is 4.79 Å². The summed E-state index contributed by atoms with van der Waals surface area (Å²) in [6, 6.07) is -0.749. The Kier molecular flexibility index (Phi) is 5.76. The van der Waals surface area contributed by atoms with Crippen LogP contribution in [0.4, 0.5) is 4.79 Å². The van der Waals surface area contributed by atoms with Gasteiger partial charge in [0.25, 0.3) is 0 Å². The number of amides is 2. The molecule has 0 saturated carbocycles. The highest BCUT2D eigenvalue weighted by atomic mass is 16.5. The predicted octanol–water partition coefficient (Wildman–Crippen LogP) is 0.575. The summed E-state index contributed by atoms with van der Waals surface area (Å²) in [7, 11) is 0. The SMILES string of the molecule is CCCCCNC(=O)NC1COCC1C(=O)O. The Morgan fingerprint density at radius 3 is 2.76 bits per heavy atom. The molecule has 1 rings (SSSR count). The van der Waals surface area contributed by atoms with Crippen molar-refractivity contribution in [3.63, 3.8) is 0 Å². The lowest BCUT2D eigenvalue weighted by Crippen LogP contribution is -2.47. The van der Waals surface area contributed by atoms with E-state index in [-0.39, 0.29) is 19.2 Å². The van der Waals surface area contributed by atoms with E-state index in [2.05, 4.69) is 17.6 Å². The van der Waals surface area contributed by atoms with Gasteiger partial charge in [0.15, 0.2) is 0 Å². The van der Waals surface area contributed by atoms with Crippen LogP contribution in [0.2, 0.25) is 0 Å². The molecule has 98 valence electrons. The Labute approximate surface area is 101 Å². The molecule has 2 atom stereocenters. The second-order valence-corrected chi connectivity index (χ2v) is 4.20. The molecule has 0 aliphatic carbocycles. The van der Waals surface area contributed by atoms with E-state index in [0.717, 1.165) is 19.3 Å². The second kappa shape index (κ2) is 7.11. The maximum atomic E-state index is 11.5. The van der Waals surface area contributed by atoms with Crippen LogP contribution in [-0.2, 0) is 9.53 Å². The number of nitrogens with one attached hydrogen (secondary N) is 2. The molecule has 1 aliphatic rings. The molecule has 0 bridgehead atoms. The van der Waals surface area contributed by atoms with Crippen molar-refractivity contribution < 1.29 is 19.4 Å². The molecular formula is C11H20N2O4. The highest BCUT2D eigenvalue weighted by Gasteiger charge is 2.34. The van der Waals surface area contributed by atoms with Crippen LogP contribution in [0, 0.1) is 5.92 Å². The summed E-state index contributed by atoms with van der Waals surface area (Å²) in [5, 5.41) is 14.2. The number of carbonyl (C=O) groups is 2. The summed E-state index contributed by atoms with van der Waals surface area (Å²) in [5.74, 6) is -1.57. The number of aliphatic carboxylic acids is 1. The normalized spacial score (nSPS) is 23.4. The third kappa shape index (κ3) is 4.60. The van der Waals surface area contributed by atoms with E-state index in [4.69, 9.17) is 9.84 Å². The lowest BCUT2D eigenvalue weighted by Gasteiger charge is -2.16. The van der Waals surface area contributed by atoms with Crippen LogP contribution < -0.4 is 10.6 Å². The van der Waals surface area contributed by atoms with E-state index in [1.807, 2.05) is 0 Å². The maximum absolute atomic E-state index is 11.5. The Bertz CT molecular complexity index is 270. The Hall–Kier alpha value is -1.30. The quantitative estimate of drug-likeness (QED) is 0.596. The standard InChI is InChI=1S/C11H20N2O4/c1-2-3-4-5-12-11(16)13-9-7-17-6-8(9)10(14)15/h8-9H,2-7H2,1H3,(H,14,15)(H2,12,13,16). The van der Waals surface area contributed by atoms with E-state index < -0.39 is 17.9 Å². The van der Waals surface area contributed by atoms with Gasteiger partial charge in [-0.15, -0.1) is 0 Å². The number of hydrogen-bond acceptors (Lipinski definition) is 3. The van der Waals surface area contributed by atoms with Crippen molar-refractivity contribution in [2.75, 3.05) is 19.8 Å². The summed E-state index contributed by atoms with van der Waals surface area (Å²) in [4.78, 5) is 22.3. The van der Waals surface area contributed by atoms with Gasteiger partial charge >= 0.3 is 12.0 Å². The average molecular weight is 244 g/mol. The van der Waals surface area contributed by atoms with E-state index in [1.165, 1.54) is 0 Å². The minimum Gasteiger partial charge on any atom is -0.481 e. The van der Waals surface area contributed by atoms with E-state index in [1.54, 1.807) is 0 Å². The van der Waals surface area contributed by atoms with Gasteiger partial charge in [-0.05, 0) is 6.42 Å². The third-order valence-corrected chi connectivity index (χ3v) is 2.78. The number of rotatable bonds is 6. The monoisotopic (exact) mass is 244 g/mol. The van der Waals surface area contributed by atoms with Crippen LogP contribution in [0.1, 0.15) is 26.2 Å². The van der Waals surface area contributed by atoms with Crippen molar-refractivity contribution in [3.8, 4) is 0 Å². The first-order valence-electron chi connectivity index (χ1n) is 6.00. The first kappa shape index (κ1) is 13.8. The molecule has 17 heavy (non-hydrogen) atoms. The molecule has 1 heterocycles. The van der Waals surface area contributed by atoms with Crippen molar-refractivity contribution in [2.45, 2.75) is 32.2 Å². The summed E-state index contributed by atoms with van der Waals surface area (Å²) < 4.78 is 5.05. The van der Waals surface area contributed by atoms with Gasteiger partial charge in [0.2, 0.25) is 0 Å². The molecule has 0 spiro atoms. The molecule has 0 radical (unpaired) electrons. The van der Waals surface area contributed by atoms with E-state index in [0.29, 0.717) is 6.54 Å². The Morgan fingerprint density at radius 1 is 1.35 bits per heavy atom. The van der Waals surface area contributed by atoms with Crippen LogP contribution >= 0.6 is 0 Å². The largest absolute Gasteiger partial charge is 0.481 e. The van der Waals surface area contributed by atoms with Crippen molar-refractivity contribution in [1.82, 2.24) is 10.6 Å². The van der Waals surface area contributed by atoms with Gasteiger partial charge in [0, 0.05) is 6.54 Å². The smallest absolute Gasteiger partial charge is 0.315 e. The van der Waals surface area contributed by atoms with Crippen molar-refractivity contribution in [3.05, 3.63) is 0 Å². The van der Waals surface area contributed by atoms with Crippen LogP contribution in [-0.4, -0.2) is 42.9 Å². The number of urea groups is 1. The van der Waals surface area contributed by atoms with Gasteiger partial charge in [0.05, 0.1) is 19.3 Å². The maximum Gasteiger partial charge on any atom is 0.315 e. The molecule has 2 unspecified atom stereocenters. The molecule has 1 saturated heterocycles. The van der Waals surface area contributed by atoms with Gasteiger partial charge < -0.3 is 20.5 Å². The number of carboxylic acid groups (broad SMARTS) is 1. The van der Waals surface area contributed by atoms with Crippen molar-refractivity contribution in [2.24, 2.45) is 5.92 Å². The fourth-order valence-electron chi connectivity index (χ4n) is 1.74. The van der Waals surface area contributed by atoms with Gasteiger partial charge in [-0.1, -0.05) is 19.8 Å². The van der Waals surface area contributed by atoms with E-state index >= 15 is 0 Å². The van der Waals surface area contributed by atoms with Crippen LogP contribution in [0.15, 0.2) is 0 Å². The van der Waals surface area contributed by atoms with Gasteiger partial charge in [-0.3, -0.25) is 4.79 Å². The molecule has 1 fully saturated rings. The summed E-state index contributed by atoms with van der Waals surface area (Å²) >= 11 is 0. The molecule has 1 aliphatic heterocycles. The number of carbonyl (C=O) groups excluding carboxylic acids is 1. The van der Waals surface area contributed by atoms with Crippen molar-refractivity contribution >= 4 is 12.0 Å². The fraction of sp³-hybridized carbons (Fsp3) is 0.818. The zero-order valence-corrected chi connectivity index (χ0v) is 10.1. The molecule has 0 aromatic heterocycles. The molecule has 6 nitrogen and oxygen atoms in total. The predicted molar refractivity (Wildman–Crippen MR) is 61.8 cm³/mol. The topological polar surface area (TPSA) is 87.7 Å². The van der Waals surface area contributed by atoms with Crippen LogP contribution in [0.25, 0.3) is 0 Å². The molecule has 6 heteroatoms. The minimum absolute atomic E-state index is 0.163. The minimum atomic E-state index is -0.932. The Balaban J connectivity index is 2.23. The lowest BCUT2D eigenvalue weighted by molar-refractivity contribution is -0.142.